The second kappa shape index (κ2) is 16.1. The lowest BCUT2D eigenvalue weighted by atomic mass is 9.65. The molecule has 4 aliphatic rings. The largest absolute Gasteiger partial charge is 0.494 e. The molecule has 2 aliphatic heterocycles. The monoisotopic (exact) mass is 655 g/mol. The third-order valence-corrected chi connectivity index (χ3v) is 11.6. The summed E-state index contributed by atoms with van der Waals surface area (Å²) in [5.74, 6) is 2.96. The molecular formula is C39H66N4O4. The van der Waals surface area contributed by atoms with E-state index >= 15 is 0 Å². The molecule has 8 heteroatoms. The van der Waals surface area contributed by atoms with Crippen molar-refractivity contribution in [1.82, 2.24) is 14.7 Å². The van der Waals surface area contributed by atoms with E-state index in [1.165, 1.54) is 5.57 Å². The average molecular weight is 655 g/mol. The van der Waals surface area contributed by atoms with Crippen LogP contribution in [0.5, 0.6) is 0 Å². The highest BCUT2D eigenvalue weighted by molar-refractivity contribution is 6.02. The summed E-state index contributed by atoms with van der Waals surface area (Å²) in [6, 6.07) is 0.848. The van der Waals surface area contributed by atoms with E-state index in [0.29, 0.717) is 49.3 Å². The van der Waals surface area contributed by atoms with E-state index < -0.39 is 12.2 Å². The highest BCUT2D eigenvalue weighted by Gasteiger charge is 2.42. The van der Waals surface area contributed by atoms with Gasteiger partial charge in [-0.2, -0.15) is 0 Å². The van der Waals surface area contributed by atoms with Crippen LogP contribution in [0.15, 0.2) is 41.1 Å². The van der Waals surface area contributed by atoms with Crippen LogP contribution < -0.4 is 0 Å². The Morgan fingerprint density at radius 1 is 1.11 bits per heavy atom. The van der Waals surface area contributed by atoms with Gasteiger partial charge in [0.15, 0.2) is 0 Å². The summed E-state index contributed by atoms with van der Waals surface area (Å²) in [6.45, 7) is 28.2. The van der Waals surface area contributed by atoms with Gasteiger partial charge in [-0.1, -0.05) is 59.4 Å². The van der Waals surface area contributed by atoms with Gasteiger partial charge in [0.05, 0.1) is 37.0 Å². The molecule has 1 fully saturated rings. The van der Waals surface area contributed by atoms with E-state index in [0.717, 1.165) is 50.5 Å². The Morgan fingerprint density at radius 2 is 1.83 bits per heavy atom. The maximum atomic E-state index is 13.6. The van der Waals surface area contributed by atoms with Crippen LogP contribution in [0.4, 0.5) is 0 Å². The molecule has 0 aromatic heterocycles. The highest BCUT2D eigenvalue weighted by Crippen LogP contribution is 2.46. The Hall–Kier alpha value is -2.00. The van der Waals surface area contributed by atoms with E-state index in [4.69, 9.17) is 9.73 Å². The Kier molecular flexibility index (Phi) is 13.0. The van der Waals surface area contributed by atoms with Crippen molar-refractivity contribution in [2.45, 2.75) is 137 Å². The first kappa shape index (κ1) is 37.8. The number of hydrogen-bond acceptors (Lipinski definition) is 7. The number of rotatable bonds is 14. The van der Waals surface area contributed by atoms with Crippen molar-refractivity contribution in [3.8, 4) is 0 Å². The molecule has 0 aromatic rings. The van der Waals surface area contributed by atoms with Gasteiger partial charge in [-0.25, -0.2) is 0 Å². The zero-order valence-corrected chi connectivity index (χ0v) is 31.0. The lowest BCUT2D eigenvalue weighted by molar-refractivity contribution is -0.129. The van der Waals surface area contributed by atoms with Gasteiger partial charge in [0, 0.05) is 49.6 Å². The number of carbonyl (C=O) groups excluding carboxylic acids is 1. The van der Waals surface area contributed by atoms with E-state index in [9.17, 15) is 15.0 Å². The fourth-order valence-corrected chi connectivity index (χ4v) is 8.11. The zero-order chi connectivity index (χ0) is 34.6. The van der Waals surface area contributed by atoms with Crippen LogP contribution in [-0.4, -0.2) is 106 Å². The summed E-state index contributed by atoms with van der Waals surface area (Å²) in [4.78, 5) is 25.1. The number of aliphatic imine (C=N–C) groups is 1. The smallest absolute Gasteiger partial charge is 0.230 e. The van der Waals surface area contributed by atoms with Crippen LogP contribution in [-0.2, 0) is 9.53 Å². The Bertz CT molecular complexity index is 1180. The van der Waals surface area contributed by atoms with Crippen LogP contribution in [0, 0.1) is 29.1 Å². The number of ether oxygens (including phenoxy) is 1. The van der Waals surface area contributed by atoms with E-state index in [2.05, 4.69) is 96.9 Å². The summed E-state index contributed by atoms with van der Waals surface area (Å²) in [7, 11) is 0. The first-order valence-electron chi connectivity index (χ1n) is 18.6. The lowest BCUT2D eigenvalue weighted by Gasteiger charge is -2.46. The summed E-state index contributed by atoms with van der Waals surface area (Å²) >= 11 is 0. The van der Waals surface area contributed by atoms with Crippen LogP contribution in [0.2, 0.25) is 0 Å². The molecule has 1 amide bonds. The molecule has 0 saturated carbocycles. The molecule has 2 heterocycles. The summed E-state index contributed by atoms with van der Waals surface area (Å²) in [6.07, 6.45) is 8.98. The maximum absolute atomic E-state index is 13.6. The van der Waals surface area contributed by atoms with Gasteiger partial charge in [-0.15, -0.1) is 0 Å². The predicted octanol–water partition coefficient (Wildman–Crippen LogP) is 6.05. The quantitative estimate of drug-likeness (QED) is 0.222. The number of aliphatic hydroxyl groups excluding tert-OH is 2. The van der Waals surface area contributed by atoms with Gasteiger partial charge in [0.25, 0.3) is 0 Å². The standard InChI is InChI=1S/C39H66N4O4/c1-11-39(9,10)29(8)47-35-21-27(6)20-30-13-12-28(7)33(37(30)35)15-14-31(44)22-32(45)23-36(46)43-17-16-40-38(43)34-24-41(25(2)3)18-19-42(34)26(4)5/h12-13,20,25-28,31-35,37,44-45H,8,11,14-19,21-24H2,1-7,9-10H3/t27-,28-,31+,32+,33-,34?,35-,37?/m0/s1. The van der Waals surface area contributed by atoms with Crippen LogP contribution in [0.1, 0.15) is 101 Å². The van der Waals surface area contributed by atoms with E-state index in [1.54, 1.807) is 4.90 Å². The zero-order valence-electron chi connectivity index (χ0n) is 31.0. The van der Waals surface area contributed by atoms with Crippen molar-refractivity contribution in [2.75, 3.05) is 32.7 Å². The van der Waals surface area contributed by atoms with Crippen molar-refractivity contribution in [3.63, 3.8) is 0 Å². The number of hydrogen-bond donors (Lipinski definition) is 2. The van der Waals surface area contributed by atoms with Crippen molar-refractivity contribution >= 4 is 11.7 Å². The normalized spacial score (nSPS) is 30.3. The average Bonchev–Trinajstić information content (AvgIpc) is 3.50. The van der Waals surface area contributed by atoms with Crippen molar-refractivity contribution in [3.05, 3.63) is 36.1 Å². The minimum absolute atomic E-state index is 0.000415. The number of amidine groups is 1. The van der Waals surface area contributed by atoms with Crippen LogP contribution >= 0.6 is 0 Å². The molecule has 47 heavy (non-hydrogen) atoms. The molecule has 0 radical (unpaired) electrons. The molecule has 4 rings (SSSR count). The molecule has 1 saturated heterocycles. The third-order valence-electron chi connectivity index (χ3n) is 11.6. The fourth-order valence-electron chi connectivity index (χ4n) is 8.11. The van der Waals surface area contributed by atoms with Crippen LogP contribution in [0.3, 0.4) is 0 Å². The molecule has 8 atom stereocenters. The van der Waals surface area contributed by atoms with Gasteiger partial charge in [0.1, 0.15) is 11.9 Å². The van der Waals surface area contributed by atoms with Crippen molar-refractivity contribution in [2.24, 2.45) is 34.1 Å². The molecule has 2 unspecified atom stereocenters. The number of fused-ring (bicyclic) bond motifs is 1. The van der Waals surface area contributed by atoms with Gasteiger partial charge >= 0.3 is 0 Å². The predicted molar refractivity (Wildman–Crippen MR) is 192 cm³/mol. The molecule has 0 spiro atoms. The summed E-state index contributed by atoms with van der Waals surface area (Å²) in [5.41, 5.74) is 1.26. The first-order valence-corrected chi connectivity index (χ1v) is 18.6. The number of nitrogens with zero attached hydrogens (tertiary/aromatic N) is 4. The lowest BCUT2D eigenvalue weighted by Crippen LogP contribution is -2.62. The number of piperazine rings is 1. The minimum atomic E-state index is -0.899. The maximum Gasteiger partial charge on any atom is 0.230 e. The molecule has 266 valence electrons. The SMILES string of the molecule is C=C(O[C@H]1C[C@@H](C)C=C2C=C[C@H](C)[C@H](CC[C@@H](O)C[C@@H](O)CC(=O)N3CCN=C3C3CN(C(C)C)CCN3C(C)C)C21)C(C)(C)CC. The van der Waals surface area contributed by atoms with E-state index in [-0.39, 0.29) is 42.2 Å². The Balaban J connectivity index is 1.35. The molecule has 0 aromatic carbocycles. The minimum Gasteiger partial charge on any atom is -0.494 e. The number of carbonyl (C=O) groups is 1. The van der Waals surface area contributed by atoms with Gasteiger partial charge < -0.3 is 14.9 Å². The molecule has 2 N–H and O–H groups in total. The topological polar surface area (TPSA) is 88.8 Å². The van der Waals surface area contributed by atoms with Gasteiger partial charge in [0.2, 0.25) is 5.91 Å². The number of amides is 1. The molecule has 8 nitrogen and oxygen atoms in total. The van der Waals surface area contributed by atoms with Crippen molar-refractivity contribution < 1.29 is 19.7 Å². The van der Waals surface area contributed by atoms with Gasteiger partial charge in [-0.05, 0) is 83.1 Å². The summed E-state index contributed by atoms with van der Waals surface area (Å²) in [5, 5.41) is 22.2. The number of aliphatic hydroxyl groups is 2. The molecule has 2 aliphatic carbocycles. The number of allylic oxidation sites excluding steroid dienone is 4. The van der Waals surface area contributed by atoms with Crippen LogP contribution in [0.25, 0.3) is 0 Å². The van der Waals surface area contributed by atoms with E-state index in [1.807, 2.05) is 0 Å². The Labute approximate surface area is 286 Å². The second-order valence-corrected chi connectivity index (χ2v) is 16.2. The third kappa shape index (κ3) is 9.17. The molecule has 0 bridgehead atoms. The first-order chi connectivity index (χ1) is 22.1. The Morgan fingerprint density at radius 3 is 2.49 bits per heavy atom. The summed E-state index contributed by atoms with van der Waals surface area (Å²) < 4.78 is 6.69. The molecular weight excluding hydrogens is 588 g/mol. The van der Waals surface area contributed by atoms with Gasteiger partial charge in [-0.3, -0.25) is 24.5 Å². The second-order valence-electron chi connectivity index (χ2n) is 16.2. The fraction of sp³-hybridized carbons (Fsp3) is 0.795. The van der Waals surface area contributed by atoms with Crippen molar-refractivity contribution in [1.29, 1.82) is 0 Å². The highest BCUT2D eigenvalue weighted by atomic mass is 16.5.